The first-order chi connectivity index (χ1) is 14.1. The molecule has 0 radical (unpaired) electrons. The fraction of sp³-hybridized carbons (Fsp3) is 0.0909. The topological polar surface area (TPSA) is 64.4 Å². The lowest BCUT2D eigenvalue weighted by Gasteiger charge is -2.07. The molecule has 1 heterocycles. The van der Waals surface area contributed by atoms with Gasteiger partial charge in [0, 0.05) is 12.1 Å². The largest absolute Gasteiger partial charge is 0.484 e. The van der Waals surface area contributed by atoms with Crippen LogP contribution in [-0.2, 0) is 11.3 Å². The highest BCUT2D eigenvalue weighted by atomic mass is 19.1. The van der Waals surface area contributed by atoms with Crippen LogP contribution in [0.2, 0.25) is 0 Å². The van der Waals surface area contributed by atoms with Crippen LogP contribution in [-0.4, -0.2) is 17.7 Å². The number of carbonyl (C=O) groups excluding carboxylic acids is 1. The number of hydrogen-bond donors (Lipinski definition) is 1. The van der Waals surface area contributed by atoms with Gasteiger partial charge in [-0.1, -0.05) is 35.5 Å². The lowest BCUT2D eigenvalue weighted by Crippen LogP contribution is -2.28. The second kappa shape index (κ2) is 8.10. The Morgan fingerprint density at radius 3 is 2.66 bits per heavy atom. The van der Waals surface area contributed by atoms with Crippen LogP contribution < -0.4 is 10.1 Å². The van der Waals surface area contributed by atoms with Gasteiger partial charge in [0.1, 0.15) is 23.1 Å². The van der Waals surface area contributed by atoms with Gasteiger partial charge in [-0.15, -0.1) is 0 Å². The molecule has 3 aromatic carbocycles. The normalized spacial score (nSPS) is 10.8. The van der Waals surface area contributed by atoms with Crippen molar-refractivity contribution in [2.24, 2.45) is 0 Å². The number of nitrogens with one attached hydrogen (secondary N) is 1. The zero-order chi connectivity index (χ0) is 20.2. The van der Waals surface area contributed by atoms with E-state index in [2.05, 4.69) is 10.5 Å². The molecule has 1 aromatic heterocycles. The first-order valence-electron chi connectivity index (χ1n) is 8.88. The summed E-state index contributed by atoms with van der Waals surface area (Å²) in [4.78, 5) is 12.0. The molecular weight excluding hydrogens is 378 g/mol. The predicted octanol–water partition coefficient (Wildman–Crippen LogP) is 4.47. The van der Waals surface area contributed by atoms with Gasteiger partial charge < -0.3 is 14.6 Å². The van der Waals surface area contributed by atoms with E-state index in [1.165, 1.54) is 12.1 Å². The number of halogens is 2. The average molecular weight is 394 g/mol. The monoisotopic (exact) mass is 394 g/mol. The van der Waals surface area contributed by atoms with E-state index in [0.717, 1.165) is 22.9 Å². The molecule has 0 saturated carbocycles. The number of nitrogens with zero attached hydrogens (tertiary/aromatic N) is 1. The molecule has 0 fully saturated rings. The molecule has 1 N–H and O–H groups in total. The number of carbonyl (C=O) groups is 1. The summed E-state index contributed by atoms with van der Waals surface area (Å²) < 4.78 is 37.4. The van der Waals surface area contributed by atoms with E-state index in [0.29, 0.717) is 11.4 Å². The molecular formula is C22H16F2N2O3. The first kappa shape index (κ1) is 18.6. The quantitative estimate of drug-likeness (QED) is 0.524. The minimum Gasteiger partial charge on any atom is -0.484 e. The van der Waals surface area contributed by atoms with E-state index in [1.807, 2.05) is 36.4 Å². The zero-order valence-corrected chi connectivity index (χ0v) is 15.2. The molecule has 146 valence electrons. The van der Waals surface area contributed by atoms with Crippen molar-refractivity contribution in [1.29, 1.82) is 0 Å². The van der Waals surface area contributed by atoms with Crippen molar-refractivity contribution in [2.45, 2.75) is 6.54 Å². The van der Waals surface area contributed by atoms with Crippen LogP contribution in [0.1, 0.15) is 5.69 Å². The highest BCUT2D eigenvalue weighted by molar-refractivity contribution is 5.84. The Labute approximate surface area is 164 Å². The Morgan fingerprint density at radius 2 is 1.83 bits per heavy atom. The Kier molecular flexibility index (Phi) is 5.20. The Bertz CT molecular complexity index is 1170. The van der Waals surface area contributed by atoms with E-state index >= 15 is 0 Å². The molecule has 4 aromatic rings. The van der Waals surface area contributed by atoms with Crippen LogP contribution >= 0.6 is 0 Å². The third-order valence-electron chi connectivity index (χ3n) is 4.31. The average Bonchev–Trinajstić information content (AvgIpc) is 3.19. The molecule has 29 heavy (non-hydrogen) atoms. The summed E-state index contributed by atoms with van der Waals surface area (Å²) in [5.74, 6) is -1.02. The van der Waals surface area contributed by atoms with E-state index in [4.69, 9.17) is 9.26 Å². The summed E-state index contributed by atoms with van der Waals surface area (Å²) >= 11 is 0. The number of rotatable bonds is 6. The third-order valence-corrected chi connectivity index (χ3v) is 4.31. The number of aromatic nitrogens is 1. The Hall–Kier alpha value is -3.74. The molecule has 0 atom stereocenters. The molecule has 5 nitrogen and oxygen atoms in total. The van der Waals surface area contributed by atoms with Gasteiger partial charge in [0.05, 0.1) is 12.1 Å². The highest BCUT2D eigenvalue weighted by Gasteiger charge is 2.13. The van der Waals surface area contributed by atoms with Crippen LogP contribution in [0.4, 0.5) is 8.78 Å². The number of ether oxygens (including phenoxy) is 1. The Balaban J connectivity index is 1.32. The van der Waals surface area contributed by atoms with Crippen LogP contribution in [0.15, 0.2) is 71.3 Å². The van der Waals surface area contributed by atoms with Crippen molar-refractivity contribution in [2.75, 3.05) is 6.61 Å². The lowest BCUT2D eigenvalue weighted by molar-refractivity contribution is -0.123. The number of benzene rings is 3. The van der Waals surface area contributed by atoms with Crippen LogP contribution in [0.5, 0.6) is 5.75 Å². The smallest absolute Gasteiger partial charge is 0.258 e. The fourth-order valence-electron chi connectivity index (χ4n) is 2.86. The van der Waals surface area contributed by atoms with E-state index in [-0.39, 0.29) is 30.4 Å². The van der Waals surface area contributed by atoms with E-state index in [1.54, 1.807) is 6.07 Å². The number of amides is 1. The molecule has 0 unspecified atom stereocenters. The summed E-state index contributed by atoms with van der Waals surface area (Å²) in [6.07, 6.45) is 0. The van der Waals surface area contributed by atoms with Crippen molar-refractivity contribution in [1.82, 2.24) is 10.5 Å². The zero-order valence-electron chi connectivity index (χ0n) is 15.2. The van der Waals surface area contributed by atoms with Crippen molar-refractivity contribution < 1.29 is 22.8 Å². The maximum atomic E-state index is 13.8. The van der Waals surface area contributed by atoms with Crippen molar-refractivity contribution in [3.8, 4) is 17.1 Å². The SMILES string of the molecule is O=C(COc1ccc2ccccc2c1)NCc1cc(-c2ccc(F)cc2F)on1. The summed E-state index contributed by atoms with van der Waals surface area (Å²) in [6, 6.07) is 18.1. The molecule has 0 aliphatic rings. The molecule has 0 aliphatic carbocycles. The van der Waals surface area contributed by atoms with Gasteiger partial charge in [0.15, 0.2) is 12.4 Å². The van der Waals surface area contributed by atoms with Crippen LogP contribution in [0, 0.1) is 11.6 Å². The third kappa shape index (κ3) is 4.40. The van der Waals surface area contributed by atoms with E-state index in [9.17, 15) is 13.6 Å². The lowest BCUT2D eigenvalue weighted by atomic mass is 10.1. The van der Waals surface area contributed by atoms with Gasteiger partial charge in [-0.2, -0.15) is 0 Å². The van der Waals surface area contributed by atoms with Gasteiger partial charge in [-0.25, -0.2) is 8.78 Å². The summed E-state index contributed by atoms with van der Waals surface area (Å²) in [6.45, 7) is -0.0676. The minimum atomic E-state index is -0.750. The first-order valence-corrected chi connectivity index (χ1v) is 8.88. The summed E-state index contributed by atoms with van der Waals surface area (Å²) in [7, 11) is 0. The van der Waals surface area contributed by atoms with Crippen LogP contribution in [0.3, 0.4) is 0 Å². The molecule has 7 heteroatoms. The molecule has 1 amide bonds. The maximum Gasteiger partial charge on any atom is 0.258 e. The molecule has 0 aliphatic heterocycles. The second-order valence-corrected chi connectivity index (χ2v) is 6.38. The van der Waals surface area contributed by atoms with Gasteiger partial charge >= 0.3 is 0 Å². The number of fused-ring (bicyclic) bond motifs is 1. The number of hydrogen-bond acceptors (Lipinski definition) is 4. The van der Waals surface area contributed by atoms with Crippen molar-refractivity contribution in [3.05, 3.63) is 84.1 Å². The van der Waals surface area contributed by atoms with Gasteiger partial charge in [-0.05, 0) is 35.0 Å². The van der Waals surface area contributed by atoms with Gasteiger partial charge in [0.25, 0.3) is 5.91 Å². The standard InChI is InChI=1S/C22H16F2N2O3/c23-16-6-8-19(20(24)10-16)21-11-17(26-29-21)12-25-22(27)13-28-18-7-5-14-3-1-2-4-15(14)9-18/h1-11H,12-13H2,(H,25,27). The molecule has 0 spiro atoms. The van der Waals surface area contributed by atoms with Crippen molar-refractivity contribution >= 4 is 16.7 Å². The summed E-state index contributed by atoms with van der Waals surface area (Å²) in [5.41, 5.74) is 0.499. The van der Waals surface area contributed by atoms with Gasteiger partial charge in [0.2, 0.25) is 0 Å². The minimum absolute atomic E-state index is 0.0895. The summed E-state index contributed by atoms with van der Waals surface area (Å²) in [5, 5.41) is 8.55. The maximum absolute atomic E-state index is 13.8. The molecule has 4 rings (SSSR count). The van der Waals surface area contributed by atoms with Crippen LogP contribution in [0.25, 0.3) is 22.1 Å². The predicted molar refractivity (Wildman–Crippen MR) is 103 cm³/mol. The van der Waals surface area contributed by atoms with Gasteiger partial charge in [-0.3, -0.25) is 4.79 Å². The Morgan fingerprint density at radius 1 is 1.00 bits per heavy atom. The highest BCUT2D eigenvalue weighted by Crippen LogP contribution is 2.24. The fourth-order valence-corrected chi connectivity index (χ4v) is 2.86. The van der Waals surface area contributed by atoms with Crippen molar-refractivity contribution in [3.63, 3.8) is 0 Å². The second-order valence-electron chi connectivity index (χ2n) is 6.38. The molecule has 0 saturated heterocycles. The molecule has 0 bridgehead atoms. The van der Waals surface area contributed by atoms with E-state index < -0.39 is 11.6 Å².